The molecule has 1 heterocycles. The van der Waals surface area contributed by atoms with Gasteiger partial charge in [0.25, 0.3) is 0 Å². The molecule has 1 aromatic carbocycles. The van der Waals surface area contributed by atoms with Gasteiger partial charge in [-0.25, -0.2) is 0 Å². The van der Waals surface area contributed by atoms with Gasteiger partial charge in [0, 0.05) is 11.3 Å². The van der Waals surface area contributed by atoms with Crippen molar-refractivity contribution in [3.05, 3.63) is 59.4 Å². The minimum Gasteiger partial charge on any atom is -0.487 e. The van der Waals surface area contributed by atoms with Crippen LogP contribution in [0.2, 0.25) is 0 Å². The van der Waals surface area contributed by atoms with Crippen LogP contribution in [-0.2, 0) is 6.61 Å². The third-order valence-electron chi connectivity index (χ3n) is 2.59. The summed E-state index contributed by atoms with van der Waals surface area (Å²) < 4.78 is 5.61. The molecule has 18 heavy (non-hydrogen) atoms. The molecule has 2 aromatic rings. The number of Topliss-reactive ketones (excluding diaryl/α,β-unsaturated/α-hetero) is 1. The molecule has 0 radical (unpaired) electrons. The van der Waals surface area contributed by atoms with Crippen molar-refractivity contribution in [2.24, 2.45) is 0 Å². The van der Waals surface area contributed by atoms with Crippen LogP contribution in [0.5, 0.6) is 5.75 Å². The Morgan fingerprint density at radius 3 is 2.50 bits per heavy atom. The van der Waals surface area contributed by atoms with Crippen LogP contribution in [0.4, 0.5) is 0 Å². The Hall–Kier alpha value is -2.16. The highest BCUT2D eigenvalue weighted by atomic mass is 16.5. The van der Waals surface area contributed by atoms with Gasteiger partial charge in [-0.05, 0) is 50.2 Å². The van der Waals surface area contributed by atoms with Crippen molar-refractivity contribution >= 4 is 5.78 Å². The highest BCUT2D eigenvalue weighted by molar-refractivity contribution is 5.94. The number of hydrogen-bond acceptors (Lipinski definition) is 3. The van der Waals surface area contributed by atoms with E-state index >= 15 is 0 Å². The molecule has 0 aliphatic heterocycles. The van der Waals surface area contributed by atoms with Gasteiger partial charge in [-0.15, -0.1) is 0 Å². The second kappa shape index (κ2) is 5.45. The third-order valence-corrected chi connectivity index (χ3v) is 2.59. The molecule has 1 aromatic heterocycles. The second-order valence-electron chi connectivity index (χ2n) is 4.14. The van der Waals surface area contributed by atoms with Crippen LogP contribution in [0.15, 0.2) is 42.5 Å². The van der Waals surface area contributed by atoms with Gasteiger partial charge in [-0.2, -0.15) is 0 Å². The fourth-order valence-electron chi connectivity index (χ4n) is 1.62. The number of pyridine rings is 1. The van der Waals surface area contributed by atoms with E-state index < -0.39 is 0 Å². The third kappa shape index (κ3) is 3.17. The molecule has 0 atom stereocenters. The topological polar surface area (TPSA) is 39.2 Å². The first-order valence-corrected chi connectivity index (χ1v) is 5.81. The molecule has 0 saturated heterocycles. The van der Waals surface area contributed by atoms with E-state index in [9.17, 15) is 4.79 Å². The summed E-state index contributed by atoms with van der Waals surface area (Å²) in [5.74, 6) is 0.796. The van der Waals surface area contributed by atoms with Crippen molar-refractivity contribution in [1.29, 1.82) is 0 Å². The van der Waals surface area contributed by atoms with Gasteiger partial charge in [0.2, 0.25) is 0 Å². The number of nitrogens with zero attached hydrogens (tertiary/aromatic N) is 1. The van der Waals surface area contributed by atoms with Crippen molar-refractivity contribution in [2.45, 2.75) is 20.5 Å². The van der Waals surface area contributed by atoms with Gasteiger partial charge >= 0.3 is 0 Å². The lowest BCUT2D eigenvalue weighted by atomic mass is 10.1. The molecule has 0 bridgehead atoms. The first kappa shape index (κ1) is 12.3. The van der Waals surface area contributed by atoms with E-state index in [0.29, 0.717) is 12.2 Å². The zero-order valence-electron chi connectivity index (χ0n) is 10.5. The molecule has 0 amide bonds. The maximum absolute atomic E-state index is 11.1. The zero-order valence-corrected chi connectivity index (χ0v) is 10.5. The SMILES string of the molecule is CC(=O)c1ccc(OCc2cccc(C)n2)cc1. The summed E-state index contributed by atoms with van der Waals surface area (Å²) in [5.41, 5.74) is 2.56. The average molecular weight is 241 g/mol. The standard InChI is InChI=1S/C15H15NO2/c1-11-4-3-5-14(16-11)10-18-15-8-6-13(7-9-15)12(2)17/h3-9H,10H2,1-2H3. The highest BCUT2D eigenvalue weighted by Crippen LogP contribution is 2.14. The van der Waals surface area contributed by atoms with Crippen molar-refractivity contribution in [2.75, 3.05) is 0 Å². The van der Waals surface area contributed by atoms with Crippen LogP contribution in [0, 0.1) is 6.92 Å². The summed E-state index contributed by atoms with van der Waals surface area (Å²) >= 11 is 0. The van der Waals surface area contributed by atoms with Gasteiger partial charge in [-0.3, -0.25) is 9.78 Å². The Bertz CT molecular complexity index is 547. The summed E-state index contributed by atoms with van der Waals surface area (Å²) in [6.07, 6.45) is 0. The number of carbonyl (C=O) groups excluding carboxylic acids is 1. The highest BCUT2D eigenvalue weighted by Gasteiger charge is 2.00. The molecule has 3 heteroatoms. The summed E-state index contributed by atoms with van der Waals surface area (Å²) in [4.78, 5) is 15.5. The molecule has 2 rings (SSSR count). The molecular formula is C15H15NO2. The average Bonchev–Trinajstić information content (AvgIpc) is 2.37. The predicted octanol–water partition coefficient (Wildman–Crippen LogP) is 3.17. The lowest BCUT2D eigenvalue weighted by Gasteiger charge is -2.06. The summed E-state index contributed by atoms with van der Waals surface area (Å²) in [6.45, 7) is 3.93. The number of hydrogen-bond donors (Lipinski definition) is 0. The van der Waals surface area contributed by atoms with Gasteiger partial charge in [-0.1, -0.05) is 6.07 Å². The fourth-order valence-corrected chi connectivity index (χ4v) is 1.62. The van der Waals surface area contributed by atoms with Crippen LogP contribution >= 0.6 is 0 Å². The molecule has 0 aliphatic carbocycles. The van der Waals surface area contributed by atoms with E-state index in [0.717, 1.165) is 17.1 Å². The van der Waals surface area contributed by atoms with Crippen LogP contribution in [-0.4, -0.2) is 10.8 Å². The van der Waals surface area contributed by atoms with Gasteiger partial charge in [0.1, 0.15) is 12.4 Å². The minimum atomic E-state index is 0.0573. The fraction of sp³-hybridized carbons (Fsp3) is 0.200. The Morgan fingerprint density at radius 1 is 1.17 bits per heavy atom. The number of rotatable bonds is 4. The van der Waals surface area contributed by atoms with Crippen molar-refractivity contribution in [3.8, 4) is 5.75 Å². The summed E-state index contributed by atoms with van der Waals surface area (Å²) in [5, 5.41) is 0. The number of ether oxygens (including phenoxy) is 1. The largest absolute Gasteiger partial charge is 0.487 e. The summed E-state index contributed by atoms with van der Waals surface area (Å²) in [7, 11) is 0. The first-order chi connectivity index (χ1) is 8.65. The van der Waals surface area contributed by atoms with Crippen LogP contribution in [0.3, 0.4) is 0 Å². The number of aromatic nitrogens is 1. The minimum absolute atomic E-state index is 0.0573. The number of ketones is 1. The molecular weight excluding hydrogens is 226 g/mol. The Balaban J connectivity index is 2.00. The smallest absolute Gasteiger partial charge is 0.159 e. The molecule has 0 N–H and O–H groups in total. The monoisotopic (exact) mass is 241 g/mol. The second-order valence-corrected chi connectivity index (χ2v) is 4.14. The maximum atomic E-state index is 11.1. The molecule has 0 fully saturated rings. The van der Waals surface area contributed by atoms with E-state index in [1.165, 1.54) is 0 Å². The maximum Gasteiger partial charge on any atom is 0.159 e. The number of benzene rings is 1. The Labute approximate surface area is 106 Å². The van der Waals surface area contributed by atoms with E-state index in [1.807, 2.05) is 25.1 Å². The van der Waals surface area contributed by atoms with Crippen molar-refractivity contribution in [3.63, 3.8) is 0 Å². The zero-order chi connectivity index (χ0) is 13.0. The van der Waals surface area contributed by atoms with Crippen molar-refractivity contribution in [1.82, 2.24) is 4.98 Å². The quantitative estimate of drug-likeness (QED) is 0.772. The Kier molecular flexibility index (Phi) is 3.72. The van der Waals surface area contributed by atoms with E-state index in [-0.39, 0.29) is 5.78 Å². The molecule has 3 nitrogen and oxygen atoms in total. The van der Waals surface area contributed by atoms with E-state index in [4.69, 9.17) is 4.74 Å². The van der Waals surface area contributed by atoms with Gasteiger partial charge < -0.3 is 4.74 Å². The lowest BCUT2D eigenvalue weighted by molar-refractivity contribution is 0.101. The predicted molar refractivity (Wildman–Crippen MR) is 69.8 cm³/mol. The van der Waals surface area contributed by atoms with E-state index in [1.54, 1.807) is 31.2 Å². The van der Waals surface area contributed by atoms with Crippen LogP contribution in [0.25, 0.3) is 0 Å². The number of aryl methyl sites for hydroxylation is 1. The number of carbonyl (C=O) groups is 1. The molecule has 92 valence electrons. The summed E-state index contributed by atoms with van der Waals surface area (Å²) in [6, 6.07) is 13.0. The molecule has 0 saturated carbocycles. The van der Waals surface area contributed by atoms with Crippen molar-refractivity contribution < 1.29 is 9.53 Å². The van der Waals surface area contributed by atoms with Gasteiger partial charge in [0.15, 0.2) is 5.78 Å². The molecule has 0 unspecified atom stereocenters. The lowest BCUT2D eigenvalue weighted by Crippen LogP contribution is -1.99. The molecule has 0 aliphatic rings. The first-order valence-electron chi connectivity index (χ1n) is 5.81. The normalized spacial score (nSPS) is 10.1. The molecule has 0 spiro atoms. The van der Waals surface area contributed by atoms with Crippen LogP contribution < -0.4 is 4.74 Å². The Morgan fingerprint density at radius 2 is 1.89 bits per heavy atom. The van der Waals surface area contributed by atoms with E-state index in [2.05, 4.69) is 4.98 Å². The van der Waals surface area contributed by atoms with Gasteiger partial charge in [0.05, 0.1) is 5.69 Å². The van der Waals surface area contributed by atoms with Crippen LogP contribution in [0.1, 0.15) is 28.7 Å².